The van der Waals surface area contributed by atoms with Crippen molar-refractivity contribution in [2.45, 2.75) is 19.6 Å². The molecule has 0 radical (unpaired) electrons. The molecule has 1 aromatic heterocycles. The minimum absolute atomic E-state index is 0.625. The molecule has 0 N–H and O–H groups in total. The zero-order valence-electron chi connectivity index (χ0n) is 8.66. The van der Waals surface area contributed by atoms with Gasteiger partial charge in [0.05, 0.1) is 0 Å². The van der Waals surface area contributed by atoms with E-state index in [1.165, 1.54) is 0 Å². The van der Waals surface area contributed by atoms with Crippen LogP contribution in [0.3, 0.4) is 0 Å². The van der Waals surface area contributed by atoms with E-state index in [9.17, 15) is 4.79 Å². The van der Waals surface area contributed by atoms with Gasteiger partial charge in [0.1, 0.15) is 20.1 Å². The number of rotatable bonds is 1. The van der Waals surface area contributed by atoms with E-state index in [4.69, 9.17) is 0 Å². The third-order valence-corrected chi connectivity index (χ3v) is 2.36. The molecule has 0 saturated heterocycles. The van der Waals surface area contributed by atoms with E-state index in [1.807, 2.05) is 0 Å². The van der Waals surface area contributed by atoms with Crippen molar-refractivity contribution in [3.8, 4) is 11.5 Å². The molecule has 1 rings (SSSR count). The van der Waals surface area contributed by atoms with Crippen molar-refractivity contribution in [2.24, 2.45) is 0 Å². The van der Waals surface area contributed by atoms with Crippen LogP contribution in [0.5, 0.6) is 0 Å². The van der Waals surface area contributed by atoms with E-state index in [2.05, 4.69) is 36.1 Å². The lowest BCUT2D eigenvalue weighted by Crippen LogP contribution is -2.16. The zero-order chi connectivity index (χ0) is 10.6. The molecular formula is C11H13NOSi. The van der Waals surface area contributed by atoms with Crippen molar-refractivity contribution in [2.75, 3.05) is 0 Å². The molecule has 3 heteroatoms. The lowest BCUT2D eigenvalue weighted by Gasteiger charge is -2.02. The van der Waals surface area contributed by atoms with Crippen LogP contribution in [0, 0.1) is 11.5 Å². The second-order valence-corrected chi connectivity index (χ2v) is 8.84. The highest BCUT2D eigenvalue weighted by Gasteiger charge is 2.07. The Morgan fingerprint density at radius 2 is 2.14 bits per heavy atom. The first-order valence-corrected chi connectivity index (χ1v) is 7.96. The molecule has 0 fully saturated rings. The predicted octanol–water partition coefficient (Wildman–Crippen LogP) is 2.12. The van der Waals surface area contributed by atoms with Gasteiger partial charge in [-0.3, -0.25) is 4.79 Å². The lowest BCUT2D eigenvalue weighted by atomic mass is 10.2. The lowest BCUT2D eigenvalue weighted by molar-refractivity contribution is 0.112. The summed E-state index contributed by atoms with van der Waals surface area (Å²) in [6.45, 7) is 6.51. The van der Waals surface area contributed by atoms with Gasteiger partial charge in [-0.05, 0) is 12.1 Å². The topological polar surface area (TPSA) is 30.0 Å². The first-order chi connectivity index (χ1) is 6.51. The van der Waals surface area contributed by atoms with E-state index in [0.717, 1.165) is 6.29 Å². The van der Waals surface area contributed by atoms with Crippen molar-refractivity contribution < 1.29 is 4.79 Å². The molecule has 1 aromatic rings. The third kappa shape index (κ3) is 3.54. The molecule has 0 bridgehead atoms. The molecule has 0 amide bonds. The van der Waals surface area contributed by atoms with Crippen LogP contribution in [0.15, 0.2) is 18.3 Å². The molecule has 0 spiro atoms. The Labute approximate surface area is 85.4 Å². The molecule has 1 heterocycles. The smallest absolute Gasteiger partial charge is 0.150 e. The second kappa shape index (κ2) is 4.21. The molecule has 0 saturated carbocycles. The van der Waals surface area contributed by atoms with Crippen molar-refractivity contribution in [3.63, 3.8) is 0 Å². The summed E-state index contributed by atoms with van der Waals surface area (Å²) in [6.07, 6.45) is 2.42. The van der Waals surface area contributed by atoms with Crippen molar-refractivity contribution in [1.29, 1.82) is 0 Å². The minimum atomic E-state index is -1.36. The number of aldehydes is 1. The normalized spacial score (nSPS) is 10.2. The van der Waals surface area contributed by atoms with E-state index < -0.39 is 8.07 Å². The maximum atomic E-state index is 10.5. The largest absolute Gasteiger partial charge is 0.298 e. The Morgan fingerprint density at radius 1 is 1.43 bits per heavy atom. The minimum Gasteiger partial charge on any atom is -0.298 e. The highest BCUT2D eigenvalue weighted by Crippen LogP contribution is 2.00. The quantitative estimate of drug-likeness (QED) is 0.397. The number of hydrogen-bond donors (Lipinski definition) is 0. The molecule has 0 aliphatic rings. The maximum absolute atomic E-state index is 10.5. The van der Waals surface area contributed by atoms with Gasteiger partial charge in [0.25, 0.3) is 0 Å². The van der Waals surface area contributed by atoms with Gasteiger partial charge in [0, 0.05) is 11.8 Å². The Hall–Kier alpha value is -1.40. The number of hydrogen-bond acceptors (Lipinski definition) is 2. The molecular weight excluding hydrogens is 190 g/mol. The Morgan fingerprint density at radius 3 is 2.71 bits per heavy atom. The van der Waals surface area contributed by atoms with Crippen LogP contribution in [0.4, 0.5) is 0 Å². The summed E-state index contributed by atoms with van der Waals surface area (Å²) in [4.78, 5) is 14.6. The van der Waals surface area contributed by atoms with Crippen molar-refractivity contribution >= 4 is 14.4 Å². The summed E-state index contributed by atoms with van der Waals surface area (Å²) in [6, 6.07) is 3.38. The number of pyridine rings is 1. The first kappa shape index (κ1) is 10.7. The van der Waals surface area contributed by atoms with Crippen LogP contribution in [-0.2, 0) is 0 Å². The number of aromatic nitrogens is 1. The average Bonchev–Trinajstić information content (AvgIpc) is 2.14. The van der Waals surface area contributed by atoms with Crippen LogP contribution in [0.2, 0.25) is 19.6 Å². The summed E-state index contributed by atoms with van der Waals surface area (Å²) in [7, 11) is -1.36. The van der Waals surface area contributed by atoms with Crippen LogP contribution in [-0.4, -0.2) is 19.3 Å². The highest BCUT2D eigenvalue weighted by molar-refractivity contribution is 6.83. The molecule has 72 valence electrons. The van der Waals surface area contributed by atoms with Gasteiger partial charge in [-0.25, -0.2) is 4.98 Å². The summed E-state index contributed by atoms with van der Waals surface area (Å²) in [5.41, 5.74) is 4.50. The zero-order valence-corrected chi connectivity index (χ0v) is 9.66. The Kier molecular flexibility index (Phi) is 3.21. The molecule has 0 aliphatic heterocycles. The molecule has 0 atom stereocenters. The second-order valence-electron chi connectivity index (χ2n) is 4.09. The molecule has 0 unspecified atom stereocenters. The highest BCUT2D eigenvalue weighted by atomic mass is 28.3. The summed E-state index contributed by atoms with van der Waals surface area (Å²) in [5.74, 6) is 3.00. The summed E-state index contributed by atoms with van der Waals surface area (Å²) in [5, 5.41) is 0. The van der Waals surface area contributed by atoms with Crippen LogP contribution in [0.25, 0.3) is 0 Å². The van der Waals surface area contributed by atoms with Crippen molar-refractivity contribution in [1.82, 2.24) is 4.98 Å². The maximum Gasteiger partial charge on any atom is 0.150 e. The molecule has 0 aromatic carbocycles. The first-order valence-electron chi connectivity index (χ1n) is 4.46. The van der Waals surface area contributed by atoms with E-state index >= 15 is 0 Å². The van der Waals surface area contributed by atoms with E-state index in [1.54, 1.807) is 18.3 Å². The fourth-order valence-electron chi connectivity index (χ4n) is 0.840. The third-order valence-electron chi connectivity index (χ3n) is 1.49. The molecule has 14 heavy (non-hydrogen) atoms. The Bertz CT molecular complexity index is 396. The van der Waals surface area contributed by atoms with Gasteiger partial charge in [-0.1, -0.05) is 25.6 Å². The van der Waals surface area contributed by atoms with Gasteiger partial charge in [-0.2, -0.15) is 0 Å². The van der Waals surface area contributed by atoms with Crippen LogP contribution < -0.4 is 0 Å². The van der Waals surface area contributed by atoms with Gasteiger partial charge in [-0.15, -0.1) is 5.54 Å². The van der Waals surface area contributed by atoms with E-state index in [-0.39, 0.29) is 0 Å². The Balaban J connectivity index is 2.96. The fourth-order valence-corrected chi connectivity index (χ4v) is 1.34. The summed E-state index contributed by atoms with van der Waals surface area (Å²) >= 11 is 0. The monoisotopic (exact) mass is 203 g/mol. The number of carbonyl (C=O) groups is 1. The van der Waals surface area contributed by atoms with Gasteiger partial charge in [0.15, 0.2) is 0 Å². The number of carbonyl (C=O) groups excluding carboxylic acids is 1. The van der Waals surface area contributed by atoms with Gasteiger partial charge >= 0.3 is 0 Å². The average molecular weight is 203 g/mol. The SMILES string of the molecule is C[Si](C)(C)C#Cc1cc(C=O)ccn1. The van der Waals surface area contributed by atoms with E-state index in [0.29, 0.717) is 11.3 Å². The summed E-state index contributed by atoms with van der Waals surface area (Å²) < 4.78 is 0. The van der Waals surface area contributed by atoms with Crippen molar-refractivity contribution in [3.05, 3.63) is 29.6 Å². The number of nitrogens with zero attached hydrogens (tertiary/aromatic N) is 1. The molecule has 2 nitrogen and oxygen atoms in total. The van der Waals surface area contributed by atoms with Crippen LogP contribution in [0.1, 0.15) is 16.1 Å². The fraction of sp³-hybridized carbons (Fsp3) is 0.273. The molecule has 0 aliphatic carbocycles. The van der Waals surface area contributed by atoms with Gasteiger partial charge < -0.3 is 0 Å². The standard InChI is InChI=1S/C11H13NOSi/c1-14(2,3)7-5-11-8-10(9-13)4-6-12-11/h4,6,8-9H,1-3H3. The predicted molar refractivity (Wildman–Crippen MR) is 59.8 cm³/mol. The van der Waals surface area contributed by atoms with Gasteiger partial charge in [0.2, 0.25) is 0 Å². The van der Waals surface area contributed by atoms with Crippen LogP contribution >= 0.6 is 0 Å².